The predicted molar refractivity (Wildman–Crippen MR) is 68.6 cm³/mol. The van der Waals surface area contributed by atoms with E-state index in [2.05, 4.69) is 4.98 Å². The first-order chi connectivity index (χ1) is 9.79. The fraction of sp³-hybridized carbons (Fsp3) is 0.0769. The molecular weight excluding hydrogens is 312 g/mol. The Morgan fingerprint density at radius 1 is 1.24 bits per heavy atom. The number of carbonyl (C=O) groups excluding carboxylic acids is 1. The Balaban J connectivity index is 2.31. The van der Waals surface area contributed by atoms with Crippen LogP contribution in [0.3, 0.4) is 0 Å². The topological polar surface area (TPSA) is 42.0 Å². The lowest BCUT2D eigenvalue weighted by Gasteiger charge is -2.11. The maximum Gasteiger partial charge on any atom is 0.416 e. The average molecular weight is 319 g/mol. The zero-order chi connectivity index (χ0) is 15.6. The third-order valence-corrected chi connectivity index (χ3v) is 2.88. The first-order valence-corrected chi connectivity index (χ1v) is 5.94. The van der Waals surface area contributed by atoms with Crippen molar-refractivity contribution < 1.29 is 22.4 Å². The van der Waals surface area contributed by atoms with Gasteiger partial charge in [-0.2, -0.15) is 13.2 Å². The fourth-order valence-corrected chi connectivity index (χ4v) is 1.72. The van der Waals surface area contributed by atoms with Crippen LogP contribution < -0.4 is 5.32 Å². The van der Waals surface area contributed by atoms with Gasteiger partial charge in [-0.05, 0) is 24.3 Å². The third-order valence-electron chi connectivity index (χ3n) is 2.55. The van der Waals surface area contributed by atoms with Crippen molar-refractivity contribution in [3.05, 3.63) is 58.6 Å². The molecule has 3 nitrogen and oxygen atoms in total. The fourth-order valence-electron chi connectivity index (χ4n) is 1.53. The molecule has 0 aliphatic rings. The maximum atomic E-state index is 13.5. The first-order valence-electron chi connectivity index (χ1n) is 5.56. The van der Waals surface area contributed by atoms with E-state index in [0.717, 1.165) is 6.20 Å². The van der Waals surface area contributed by atoms with Gasteiger partial charge in [-0.1, -0.05) is 11.6 Å². The van der Waals surface area contributed by atoms with Gasteiger partial charge in [0.05, 0.1) is 21.8 Å². The Labute approximate surface area is 121 Å². The molecule has 0 saturated heterocycles. The molecule has 1 aromatic heterocycles. The normalized spacial score (nSPS) is 11.3. The second-order valence-corrected chi connectivity index (χ2v) is 4.41. The minimum Gasteiger partial charge on any atom is -0.319 e. The van der Waals surface area contributed by atoms with Crippen molar-refractivity contribution in [2.24, 2.45) is 0 Å². The van der Waals surface area contributed by atoms with Crippen LogP contribution in [0.25, 0.3) is 0 Å². The number of benzene rings is 1. The SMILES string of the molecule is O=C(Nc1cc(C(F)(F)F)ccc1F)c1cnccc1Cl. The van der Waals surface area contributed by atoms with E-state index in [4.69, 9.17) is 11.6 Å². The molecule has 0 bridgehead atoms. The molecule has 0 aliphatic heterocycles. The van der Waals surface area contributed by atoms with Crippen molar-refractivity contribution in [1.29, 1.82) is 0 Å². The summed E-state index contributed by atoms with van der Waals surface area (Å²) in [6, 6.07) is 3.06. The van der Waals surface area contributed by atoms with Crippen molar-refractivity contribution in [3.63, 3.8) is 0 Å². The summed E-state index contributed by atoms with van der Waals surface area (Å²) in [7, 11) is 0. The van der Waals surface area contributed by atoms with Gasteiger partial charge in [0, 0.05) is 12.4 Å². The van der Waals surface area contributed by atoms with Crippen LogP contribution in [-0.2, 0) is 6.18 Å². The quantitative estimate of drug-likeness (QED) is 0.845. The number of halogens is 5. The summed E-state index contributed by atoms with van der Waals surface area (Å²) in [5, 5.41) is 2.09. The highest BCUT2D eigenvalue weighted by atomic mass is 35.5. The molecule has 0 unspecified atom stereocenters. The van der Waals surface area contributed by atoms with Crippen LogP contribution in [0, 0.1) is 5.82 Å². The van der Waals surface area contributed by atoms with Gasteiger partial charge < -0.3 is 5.32 Å². The van der Waals surface area contributed by atoms with Crippen LogP contribution in [0.5, 0.6) is 0 Å². The number of amides is 1. The number of hydrogen-bond acceptors (Lipinski definition) is 2. The van der Waals surface area contributed by atoms with Crippen molar-refractivity contribution >= 4 is 23.2 Å². The Hall–Kier alpha value is -2.15. The van der Waals surface area contributed by atoms with Crippen LogP contribution in [0.4, 0.5) is 23.2 Å². The summed E-state index contributed by atoms with van der Waals surface area (Å²) < 4.78 is 51.2. The highest BCUT2D eigenvalue weighted by Crippen LogP contribution is 2.32. The van der Waals surface area contributed by atoms with E-state index in [9.17, 15) is 22.4 Å². The molecule has 110 valence electrons. The van der Waals surface area contributed by atoms with Gasteiger partial charge in [0.25, 0.3) is 5.91 Å². The van der Waals surface area contributed by atoms with Crippen molar-refractivity contribution in [2.45, 2.75) is 6.18 Å². The average Bonchev–Trinajstić information content (AvgIpc) is 2.40. The number of alkyl halides is 3. The standard InChI is InChI=1S/C13H7ClF4N2O/c14-9-3-4-19-6-8(9)12(21)20-11-5-7(13(16,17)18)1-2-10(11)15/h1-6H,(H,20,21). The number of carbonyl (C=O) groups is 1. The Morgan fingerprint density at radius 3 is 2.57 bits per heavy atom. The number of hydrogen-bond donors (Lipinski definition) is 1. The lowest BCUT2D eigenvalue weighted by molar-refractivity contribution is -0.137. The Kier molecular flexibility index (Phi) is 4.13. The molecule has 21 heavy (non-hydrogen) atoms. The number of nitrogens with one attached hydrogen (secondary N) is 1. The van der Waals surface area contributed by atoms with Gasteiger partial charge in [-0.25, -0.2) is 4.39 Å². The first kappa shape index (κ1) is 15.2. The van der Waals surface area contributed by atoms with Gasteiger partial charge in [0.1, 0.15) is 5.82 Å². The minimum absolute atomic E-state index is 0.0508. The smallest absolute Gasteiger partial charge is 0.319 e. The number of pyridine rings is 1. The van der Waals surface area contributed by atoms with Crippen LogP contribution in [0.15, 0.2) is 36.7 Å². The summed E-state index contributed by atoms with van der Waals surface area (Å²) in [5.41, 5.74) is -1.73. The lowest BCUT2D eigenvalue weighted by atomic mass is 10.1. The van der Waals surface area contributed by atoms with Crippen molar-refractivity contribution in [3.8, 4) is 0 Å². The molecule has 1 N–H and O–H groups in total. The van der Waals surface area contributed by atoms with Crippen LogP contribution in [0.2, 0.25) is 5.02 Å². The molecule has 0 saturated carbocycles. The molecule has 1 heterocycles. The summed E-state index contributed by atoms with van der Waals surface area (Å²) in [6.45, 7) is 0. The van der Waals surface area contributed by atoms with Crippen LogP contribution >= 0.6 is 11.6 Å². The van der Waals surface area contributed by atoms with Crippen LogP contribution in [0.1, 0.15) is 15.9 Å². The lowest BCUT2D eigenvalue weighted by Crippen LogP contribution is -2.15. The van der Waals surface area contributed by atoms with Gasteiger partial charge in [0.15, 0.2) is 0 Å². The monoisotopic (exact) mass is 318 g/mol. The van der Waals surface area contributed by atoms with Gasteiger partial charge in [0.2, 0.25) is 0 Å². The molecular formula is C13H7ClF4N2O. The summed E-state index contributed by atoms with van der Waals surface area (Å²) in [4.78, 5) is 15.5. The maximum absolute atomic E-state index is 13.5. The summed E-state index contributed by atoms with van der Waals surface area (Å²) in [6.07, 6.45) is -2.17. The Bertz CT molecular complexity index is 688. The molecule has 1 amide bonds. The number of rotatable bonds is 2. The Morgan fingerprint density at radius 2 is 1.95 bits per heavy atom. The summed E-state index contributed by atoms with van der Waals surface area (Å²) >= 11 is 5.75. The van der Waals surface area contributed by atoms with E-state index in [1.165, 1.54) is 12.3 Å². The predicted octanol–water partition coefficient (Wildman–Crippen LogP) is 4.15. The molecule has 0 aliphatic carbocycles. The molecule has 2 rings (SSSR count). The number of nitrogens with zero attached hydrogens (tertiary/aromatic N) is 1. The molecule has 0 atom stereocenters. The van der Waals surface area contributed by atoms with Gasteiger partial charge in [-0.3, -0.25) is 9.78 Å². The van der Waals surface area contributed by atoms with Crippen molar-refractivity contribution in [2.75, 3.05) is 5.32 Å². The summed E-state index contributed by atoms with van der Waals surface area (Å²) in [5.74, 6) is -1.84. The second-order valence-electron chi connectivity index (χ2n) is 4.00. The van der Waals surface area contributed by atoms with E-state index in [0.29, 0.717) is 18.2 Å². The molecule has 1 aromatic carbocycles. The zero-order valence-corrected chi connectivity index (χ0v) is 11.0. The molecule has 0 fully saturated rings. The molecule has 2 aromatic rings. The highest BCUT2D eigenvalue weighted by molar-refractivity contribution is 6.34. The molecule has 0 spiro atoms. The van der Waals surface area contributed by atoms with E-state index in [1.54, 1.807) is 0 Å². The largest absolute Gasteiger partial charge is 0.416 e. The van der Waals surface area contributed by atoms with E-state index in [-0.39, 0.29) is 10.6 Å². The third kappa shape index (κ3) is 3.49. The minimum atomic E-state index is -4.64. The van der Waals surface area contributed by atoms with E-state index >= 15 is 0 Å². The van der Waals surface area contributed by atoms with Crippen molar-refractivity contribution in [1.82, 2.24) is 4.98 Å². The highest BCUT2D eigenvalue weighted by Gasteiger charge is 2.31. The van der Waals surface area contributed by atoms with Crippen LogP contribution in [-0.4, -0.2) is 10.9 Å². The molecule has 0 radical (unpaired) electrons. The van der Waals surface area contributed by atoms with Gasteiger partial charge >= 0.3 is 6.18 Å². The number of aromatic nitrogens is 1. The van der Waals surface area contributed by atoms with Gasteiger partial charge in [-0.15, -0.1) is 0 Å². The zero-order valence-electron chi connectivity index (χ0n) is 10.2. The van der Waals surface area contributed by atoms with E-state index < -0.39 is 29.2 Å². The number of anilines is 1. The second kappa shape index (κ2) is 5.69. The molecule has 8 heteroatoms. The van der Waals surface area contributed by atoms with E-state index in [1.807, 2.05) is 5.32 Å².